The van der Waals surface area contributed by atoms with E-state index in [0.29, 0.717) is 62.5 Å². The van der Waals surface area contributed by atoms with Gasteiger partial charge in [0.05, 0.1) is 0 Å². The Morgan fingerprint density at radius 3 is 1.70 bits per heavy atom. The summed E-state index contributed by atoms with van der Waals surface area (Å²) in [6, 6.07) is 0. The Morgan fingerprint density at radius 2 is 1.23 bits per heavy atom. The summed E-state index contributed by atoms with van der Waals surface area (Å²) in [6.07, 6.45) is 6.08. The van der Waals surface area contributed by atoms with Gasteiger partial charge in [0.2, 0.25) is 0 Å². The fraction of sp³-hybridized carbons (Fsp3) is 0.615. The highest BCUT2D eigenvalue weighted by atomic mass is 16.8. The van der Waals surface area contributed by atoms with Crippen LogP contribution in [0.15, 0.2) is 43.7 Å². The van der Waals surface area contributed by atoms with Crippen LogP contribution < -0.4 is 0 Å². The maximum atomic E-state index is 12.6. The quantitative estimate of drug-likeness (QED) is 0.251. The van der Waals surface area contributed by atoms with Gasteiger partial charge in [0.15, 0.2) is 0 Å². The minimum atomic E-state index is -1.30. The minimum absolute atomic E-state index is 0.0332. The van der Waals surface area contributed by atoms with Crippen LogP contribution in [0, 0.1) is 18.8 Å². The number of aromatic nitrogens is 6. The van der Waals surface area contributed by atoms with Crippen LogP contribution in [0.5, 0.6) is 0 Å². The topological polar surface area (TPSA) is 244 Å². The summed E-state index contributed by atoms with van der Waals surface area (Å²) in [5.74, 6) is -3.61. The molecule has 18 heteroatoms. The standard InChI is InChI=1S/C26H32N10O8/c1-3-14-4-8-25(9-5-14)41-21(39)18(22(40)42-25)32-36-24-28-16(30-34-24)12-15-6-10-26(11-7-15)43-19(37)17(20(38)44-26)31-35-23-27-13(2)29-33-23/h14-15,37,39H,3-12H2,1-2H3,(H,27,29,33)(H,28,30,34). The second kappa shape index (κ2) is 11.6. The second-order valence-electron chi connectivity index (χ2n) is 11.3. The van der Waals surface area contributed by atoms with Crippen LogP contribution in [0.25, 0.3) is 0 Å². The van der Waals surface area contributed by atoms with Gasteiger partial charge in [0, 0.05) is 32.1 Å². The van der Waals surface area contributed by atoms with Crippen LogP contribution in [-0.4, -0.2) is 64.1 Å². The summed E-state index contributed by atoms with van der Waals surface area (Å²) in [7, 11) is 0. The van der Waals surface area contributed by atoms with Crippen molar-refractivity contribution >= 4 is 23.8 Å². The monoisotopic (exact) mass is 612 g/mol. The molecule has 0 radical (unpaired) electrons. The number of carbonyl (C=O) groups excluding carboxylic acids is 2. The molecule has 0 amide bonds. The van der Waals surface area contributed by atoms with E-state index in [9.17, 15) is 19.8 Å². The smallest absolute Gasteiger partial charge is 0.369 e. The molecule has 0 aromatic carbocycles. The molecule has 2 aliphatic heterocycles. The Bertz CT molecular complexity index is 1540. The minimum Gasteiger partial charge on any atom is -0.479 e. The van der Waals surface area contributed by atoms with Crippen LogP contribution >= 0.6 is 0 Å². The van der Waals surface area contributed by atoms with Crippen molar-refractivity contribution in [1.82, 2.24) is 30.4 Å². The first-order chi connectivity index (χ1) is 21.1. The van der Waals surface area contributed by atoms with Crippen LogP contribution in [0.3, 0.4) is 0 Å². The van der Waals surface area contributed by atoms with Crippen molar-refractivity contribution < 1.29 is 38.7 Å². The summed E-state index contributed by atoms with van der Waals surface area (Å²) in [5.41, 5.74) is -0.910. The molecule has 0 bridgehead atoms. The van der Waals surface area contributed by atoms with Gasteiger partial charge < -0.3 is 39.1 Å². The summed E-state index contributed by atoms with van der Waals surface area (Å²) in [4.78, 5) is 30.8. The normalized spacial score (nSPS) is 29.4. The molecule has 0 saturated heterocycles. The van der Waals surface area contributed by atoms with Crippen molar-refractivity contribution in [3.63, 3.8) is 0 Å². The number of hydrogen-bond acceptors (Lipinski definition) is 16. The maximum absolute atomic E-state index is 12.6. The Morgan fingerprint density at radius 1 is 0.727 bits per heavy atom. The zero-order valence-electron chi connectivity index (χ0n) is 24.1. The van der Waals surface area contributed by atoms with Gasteiger partial charge >= 0.3 is 23.8 Å². The van der Waals surface area contributed by atoms with E-state index in [1.807, 2.05) is 0 Å². The molecule has 2 fully saturated rings. The number of nitrogens with zero attached hydrogens (tertiary/aromatic N) is 8. The molecule has 18 nitrogen and oxygen atoms in total. The van der Waals surface area contributed by atoms with E-state index in [2.05, 4.69) is 57.7 Å². The lowest BCUT2D eigenvalue weighted by atomic mass is 9.83. The van der Waals surface area contributed by atoms with Crippen LogP contribution in [0.4, 0.5) is 11.9 Å². The molecule has 234 valence electrons. The third-order valence-electron chi connectivity index (χ3n) is 8.31. The molecule has 4 N–H and O–H groups in total. The number of azo groups is 2. The number of esters is 2. The van der Waals surface area contributed by atoms with Crippen molar-refractivity contribution in [2.45, 2.75) is 89.6 Å². The number of aryl methyl sites for hydroxylation is 1. The van der Waals surface area contributed by atoms with E-state index in [1.54, 1.807) is 6.92 Å². The molecule has 2 spiro atoms. The van der Waals surface area contributed by atoms with Gasteiger partial charge in [-0.1, -0.05) is 13.3 Å². The fourth-order valence-corrected chi connectivity index (χ4v) is 5.79. The van der Waals surface area contributed by atoms with E-state index >= 15 is 0 Å². The van der Waals surface area contributed by atoms with Gasteiger partial charge in [-0.25, -0.2) is 9.59 Å². The zero-order chi connectivity index (χ0) is 30.9. The van der Waals surface area contributed by atoms with E-state index in [0.717, 1.165) is 19.3 Å². The third kappa shape index (κ3) is 6.09. The van der Waals surface area contributed by atoms with Crippen molar-refractivity contribution in [3.8, 4) is 0 Å². The Kier molecular flexibility index (Phi) is 7.73. The summed E-state index contributed by atoms with van der Waals surface area (Å²) < 4.78 is 22.3. The summed E-state index contributed by atoms with van der Waals surface area (Å²) in [5, 5.41) is 51.4. The van der Waals surface area contributed by atoms with E-state index in [1.165, 1.54) is 0 Å². The number of aromatic amines is 2. The molecule has 2 aromatic rings. The van der Waals surface area contributed by atoms with Crippen LogP contribution in [0.1, 0.15) is 76.4 Å². The summed E-state index contributed by atoms with van der Waals surface area (Å²) >= 11 is 0. The van der Waals surface area contributed by atoms with Crippen molar-refractivity contribution in [2.75, 3.05) is 0 Å². The van der Waals surface area contributed by atoms with Crippen molar-refractivity contribution in [3.05, 3.63) is 34.9 Å². The number of H-pyrrole nitrogens is 2. The number of rotatable bonds is 7. The lowest BCUT2D eigenvalue weighted by molar-refractivity contribution is -0.254. The van der Waals surface area contributed by atoms with Crippen LogP contribution in [-0.2, 0) is 35.0 Å². The second-order valence-corrected chi connectivity index (χ2v) is 11.3. The van der Waals surface area contributed by atoms with Gasteiger partial charge in [-0.15, -0.1) is 40.9 Å². The number of ether oxygens (including phenoxy) is 4. The average Bonchev–Trinajstić information content (AvgIpc) is 3.62. The predicted octanol–water partition coefficient (Wildman–Crippen LogP) is 4.43. The van der Waals surface area contributed by atoms with Gasteiger partial charge in [-0.05, 0) is 44.4 Å². The molecule has 2 aliphatic carbocycles. The number of aliphatic hydroxyl groups is 2. The highest BCUT2D eigenvalue weighted by Gasteiger charge is 2.48. The Balaban J connectivity index is 1.02. The molecular formula is C26H32N10O8. The third-order valence-corrected chi connectivity index (χ3v) is 8.31. The number of hydrogen-bond donors (Lipinski definition) is 4. The maximum Gasteiger partial charge on any atom is 0.369 e. The van der Waals surface area contributed by atoms with E-state index in [-0.39, 0.29) is 17.8 Å². The highest BCUT2D eigenvalue weighted by molar-refractivity contribution is 5.89. The van der Waals surface area contributed by atoms with Gasteiger partial charge in [-0.2, -0.15) is 0 Å². The summed E-state index contributed by atoms with van der Waals surface area (Å²) in [6.45, 7) is 3.80. The van der Waals surface area contributed by atoms with Crippen molar-refractivity contribution in [1.29, 1.82) is 0 Å². The first kappa shape index (κ1) is 29.2. The first-order valence-corrected chi connectivity index (χ1v) is 14.5. The lowest BCUT2D eigenvalue weighted by Crippen LogP contribution is -2.45. The SMILES string of the molecule is CCC1CCC2(CC1)OC(=O)C(N=Nc1nnc(CC3CCC4(CC3)OC(=O)C(N=Nc3nnc(C)[nH]3)=C(O)O4)[nH]1)=C(O)O2. The molecule has 0 atom stereocenters. The van der Waals surface area contributed by atoms with E-state index < -0.39 is 46.8 Å². The van der Waals surface area contributed by atoms with Crippen molar-refractivity contribution in [2.24, 2.45) is 32.3 Å². The number of carbonyl (C=O) groups is 2. The molecule has 2 aromatic heterocycles. The molecule has 4 heterocycles. The highest BCUT2D eigenvalue weighted by Crippen LogP contribution is 2.43. The largest absolute Gasteiger partial charge is 0.479 e. The Labute approximate surface area is 250 Å². The number of nitrogens with one attached hydrogen (secondary N) is 2. The molecule has 44 heavy (non-hydrogen) atoms. The molecule has 6 rings (SSSR count). The predicted molar refractivity (Wildman–Crippen MR) is 144 cm³/mol. The lowest BCUT2D eigenvalue weighted by Gasteiger charge is -2.40. The first-order valence-electron chi connectivity index (χ1n) is 14.5. The van der Waals surface area contributed by atoms with Gasteiger partial charge in [-0.3, -0.25) is 0 Å². The van der Waals surface area contributed by atoms with Crippen LogP contribution in [0.2, 0.25) is 0 Å². The van der Waals surface area contributed by atoms with Gasteiger partial charge in [0.1, 0.15) is 11.6 Å². The zero-order valence-corrected chi connectivity index (χ0v) is 24.1. The fourth-order valence-electron chi connectivity index (χ4n) is 5.79. The molecular weight excluding hydrogens is 580 g/mol. The Hall–Kier alpha value is -4.90. The number of aliphatic hydroxyl groups excluding tert-OH is 2. The van der Waals surface area contributed by atoms with E-state index in [4.69, 9.17) is 18.9 Å². The molecule has 2 saturated carbocycles. The molecule has 0 unspecified atom stereocenters. The average molecular weight is 613 g/mol. The van der Waals surface area contributed by atoms with Gasteiger partial charge in [0.25, 0.3) is 34.9 Å². The molecule has 4 aliphatic rings.